The number of aliphatic hydroxyl groups excluding tert-OH is 1. The average Bonchev–Trinajstić information content (AvgIpc) is 3.30. The maximum Gasteiger partial charge on any atom is 0.276 e. The van der Waals surface area contributed by atoms with Crippen LogP contribution in [0, 0.1) is 10.1 Å². The number of oxime groups is 1. The average molecular weight is 521 g/mol. The van der Waals surface area contributed by atoms with Gasteiger partial charge in [-0.3, -0.25) is 24.5 Å². The standard InChI is InChI=1S/C20H20N6O7S2/c1-33-24-15(12-8-34-20(22-12)21-9-27)17(29)23-16-18(30)25-7-13(28)14(35-19(16)25)6-10-2-4-11(5-3-10)26(31)32/h2-5,8-9,13-14,16,19,28H,6-7H2,1H3,(H,23,29)(H,21,22,27)/t13?,14?,16?,19-/m1/s1. The molecule has 3 heterocycles. The maximum atomic E-state index is 12.9. The highest BCUT2D eigenvalue weighted by Crippen LogP contribution is 2.40. The van der Waals surface area contributed by atoms with Crippen LogP contribution in [0.25, 0.3) is 0 Å². The molecule has 4 atom stereocenters. The maximum absolute atomic E-state index is 12.9. The van der Waals surface area contributed by atoms with E-state index in [-0.39, 0.29) is 39.9 Å². The zero-order valence-corrected chi connectivity index (χ0v) is 19.8. The number of carbonyl (C=O) groups is 3. The minimum absolute atomic E-state index is 0.0214. The fourth-order valence-corrected chi connectivity index (χ4v) is 6.01. The van der Waals surface area contributed by atoms with Gasteiger partial charge < -0.3 is 25.5 Å². The van der Waals surface area contributed by atoms with Gasteiger partial charge in [-0.25, -0.2) is 4.98 Å². The Morgan fingerprint density at radius 1 is 1.43 bits per heavy atom. The SMILES string of the molecule is CON=C(C(=O)NC1C(=O)N2CC(O)C(Cc3ccc([N+](=O)[O-])cc3)S[C@H]12)c1csc(NC=O)n1. The number of fused-ring (bicyclic) bond motifs is 1. The molecule has 2 fully saturated rings. The molecule has 0 aliphatic carbocycles. The lowest BCUT2D eigenvalue weighted by atomic mass is 10.0. The number of nitrogens with zero attached hydrogens (tertiary/aromatic N) is 4. The molecule has 0 saturated carbocycles. The zero-order valence-electron chi connectivity index (χ0n) is 18.2. The third kappa shape index (κ3) is 5.11. The first-order valence-corrected chi connectivity index (χ1v) is 12.1. The van der Waals surface area contributed by atoms with E-state index < -0.39 is 28.4 Å². The molecule has 0 spiro atoms. The van der Waals surface area contributed by atoms with Gasteiger partial charge in [-0.05, 0) is 12.0 Å². The van der Waals surface area contributed by atoms with Crippen LogP contribution in [0.1, 0.15) is 11.3 Å². The number of thiazole rings is 1. The monoisotopic (exact) mass is 520 g/mol. The van der Waals surface area contributed by atoms with E-state index >= 15 is 0 Å². The van der Waals surface area contributed by atoms with E-state index in [2.05, 4.69) is 20.8 Å². The summed E-state index contributed by atoms with van der Waals surface area (Å²) in [6.45, 7) is 0.117. The second kappa shape index (κ2) is 10.4. The fourth-order valence-electron chi connectivity index (χ4n) is 3.77. The third-order valence-electron chi connectivity index (χ3n) is 5.47. The van der Waals surface area contributed by atoms with E-state index in [9.17, 15) is 29.6 Å². The number of carbonyl (C=O) groups excluding carboxylic acids is 3. The van der Waals surface area contributed by atoms with Gasteiger partial charge in [0.05, 0.1) is 11.0 Å². The van der Waals surface area contributed by atoms with Gasteiger partial charge in [0.15, 0.2) is 10.8 Å². The number of rotatable bonds is 9. The van der Waals surface area contributed by atoms with Gasteiger partial charge in [-0.1, -0.05) is 17.3 Å². The summed E-state index contributed by atoms with van der Waals surface area (Å²) in [5, 5.41) is 31.3. The van der Waals surface area contributed by atoms with Gasteiger partial charge in [-0.15, -0.1) is 23.1 Å². The van der Waals surface area contributed by atoms with Crippen LogP contribution >= 0.6 is 23.1 Å². The van der Waals surface area contributed by atoms with Crippen LogP contribution in [0.5, 0.6) is 0 Å². The minimum atomic E-state index is -0.840. The Bertz CT molecular complexity index is 1170. The van der Waals surface area contributed by atoms with Crippen molar-refractivity contribution in [2.75, 3.05) is 19.0 Å². The number of amides is 3. The third-order valence-corrected chi connectivity index (χ3v) is 7.88. The van der Waals surface area contributed by atoms with Crippen molar-refractivity contribution in [2.45, 2.75) is 29.2 Å². The summed E-state index contributed by atoms with van der Waals surface area (Å²) in [5.74, 6) is -1.01. The number of aliphatic hydroxyl groups is 1. The van der Waals surface area contributed by atoms with Gasteiger partial charge in [-0.2, -0.15) is 0 Å². The number of thioether (sulfide) groups is 1. The Kier molecular flexibility index (Phi) is 7.28. The van der Waals surface area contributed by atoms with Crippen LogP contribution in [0.2, 0.25) is 0 Å². The van der Waals surface area contributed by atoms with E-state index in [1.807, 2.05) is 0 Å². The summed E-state index contributed by atoms with van der Waals surface area (Å²) in [7, 11) is 1.27. The molecule has 2 aliphatic rings. The van der Waals surface area contributed by atoms with Crippen molar-refractivity contribution in [3.05, 3.63) is 51.0 Å². The largest absolute Gasteiger partial charge is 0.398 e. The first-order valence-electron chi connectivity index (χ1n) is 10.3. The Balaban J connectivity index is 1.43. The van der Waals surface area contributed by atoms with Gasteiger partial charge in [0, 0.05) is 29.3 Å². The molecule has 3 amide bonds. The van der Waals surface area contributed by atoms with E-state index in [1.54, 1.807) is 12.1 Å². The molecule has 3 unspecified atom stereocenters. The normalized spacial score (nSPS) is 23.7. The van der Waals surface area contributed by atoms with Crippen molar-refractivity contribution in [3.8, 4) is 0 Å². The number of benzene rings is 1. The van der Waals surface area contributed by atoms with E-state index in [1.165, 1.54) is 41.3 Å². The lowest BCUT2D eigenvalue weighted by Crippen LogP contribution is -2.73. The molecule has 2 saturated heterocycles. The van der Waals surface area contributed by atoms with Crippen molar-refractivity contribution < 1.29 is 29.3 Å². The van der Waals surface area contributed by atoms with Crippen molar-refractivity contribution in [2.24, 2.45) is 5.16 Å². The van der Waals surface area contributed by atoms with Gasteiger partial charge in [0.2, 0.25) is 12.3 Å². The molecule has 0 radical (unpaired) electrons. The number of hydrogen-bond donors (Lipinski definition) is 3. The lowest BCUT2D eigenvalue weighted by molar-refractivity contribution is -0.384. The predicted molar refractivity (Wildman–Crippen MR) is 127 cm³/mol. The van der Waals surface area contributed by atoms with Crippen molar-refractivity contribution in [3.63, 3.8) is 0 Å². The molecule has 2 aliphatic heterocycles. The number of non-ortho nitro benzene ring substituents is 1. The predicted octanol–water partition coefficient (Wildman–Crippen LogP) is 0.342. The number of hydrogen-bond acceptors (Lipinski definition) is 11. The molecule has 4 rings (SSSR count). The van der Waals surface area contributed by atoms with Gasteiger partial charge >= 0.3 is 0 Å². The summed E-state index contributed by atoms with van der Waals surface area (Å²) in [5.41, 5.74) is 0.804. The summed E-state index contributed by atoms with van der Waals surface area (Å²) in [6.07, 6.45) is 0.0979. The molecule has 3 N–H and O–H groups in total. The minimum Gasteiger partial charge on any atom is -0.398 e. The first-order chi connectivity index (χ1) is 16.8. The first kappa shape index (κ1) is 24.6. The summed E-state index contributed by atoms with van der Waals surface area (Å²) in [4.78, 5) is 56.9. The molecule has 184 valence electrons. The highest BCUT2D eigenvalue weighted by atomic mass is 32.2. The molecule has 1 aromatic heterocycles. The number of nitro benzene ring substituents is 1. The zero-order chi connectivity index (χ0) is 25.1. The summed E-state index contributed by atoms with van der Waals surface area (Å²) >= 11 is 2.45. The Morgan fingerprint density at radius 3 is 2.83 bits per heavy atom. The van der Waals surface area contributed by atoms with Crippen LogP contribution in [0.15, 0.2) is 34.8 Å². The second-order valence-corrected chi connectivity index (χ2v) is 9.84. The highest BCUT2D eigenvalue weighted by molar-refractivity contribution is 8.00. The summed E-state index contributed by atoms with van der Waals surface area (Å²) in [6, 6.07) is 5.24. The molecule has 1 aromatic carbocycles. The Labute approximate surface area is 206 Å². The van der Waals surface area contributed by atoms with Crippen molar-refractivity contribution >= 4 is 57.9 Å². The fraction of sp³-hybridized carbons (Fsp3) is 0.350. The van der Waals surface area contributed by atoms with Crippen LogP contribution in [0.3, 0.4) is 0 Å². The van der Waals surface area contributed by atoms with Crippen LogP contribution < -0.4 is 10.6 Å². The molecular formula is C20H20N6O7S2. The highest BCUT2D eigenvalue weighted by Gasteiger charge is 2.54. The summed E-state index contributed by atoms with van der Waals surface area (Å²) < 4.78 is 0. The van der Waals surface area contributed by atoms with Crippen molar-refractivity contribution in [1.82, 2.24) is 15.2 Å². The van der Waals surface area contributed by atoms with E-state index in [0.29, 0.717) is 12.8 Å². The van der Waals surface area contributed by atoms with Gasteiger partial charge in [0.25, 0.3) is 11.6 Å². The number of nitrogens with one attached hydrogen (secondary N) is 2. The van der Waals surface area contributed by atoms with Crippen LogP contribution in [-0.4, -0.2) is 80.3 Å². The number of anilines is 1. The second-order valence-electron chi connectivity index (χ2n) is 7.62. The quantitative estimate of drug-likeness (QED) is 0.138. The molecule has 0 bridgehead atoms. The Hall–Kier alpha value is -3.56. The molecule has 35 heavy (non-hydrogen) atoms. The Morgan fingerprint density at radius 2 is 2.17 bits per heavy atom. The lowest BCUT2D eigenvalue weighted by Gasteiger charge is -2.52. The van der Waals surface area contributed by atoms with E-state index in [4.69, 9.17) is 4.84 Å². The molecule has 2 aromatic rings. The van der Waals surface area contributed by atoms with E-state index in [0.717, 1.165) is 16.9 Å². The topological polar surface area (TPSA) is 176 Å². The van der Waals surface area contributed by atoms with Gasteiger partial charge in [0.1, 0.15) is 24.2 Å². The van der Waals surface area contributed by atoms with Crippen molar-refractivity contribution in [1.29, 1.82) is 0 Å². The number of β-lactam (4-membered cyclic amide) rings is 1. The molecule has 13 nitrogen and oxygen atoms in total. The molecular weight excluding hydrogens is 500 g/mol. The number of aromatic nitrogens is 1. The molecule has 15 heteroatoms. The smallest absolute Gasteiger partial charge is 0.276 e. The van der Waals surface area contributed by atoms with Crippen LogP contribution in [0.4, 0.5) is 10.8 Å². The van der Waals surface area contributed by atoms with Crippen LogP contribution in [-0.2, 0) is 25.6 Å². The number of nitro groups is 1.